The maximum absolute atomic E-state index is 6.36. The van der Waals surface area contributed by atoms with Gasteiger partial charge in [0.2, 0.25) is 0 Å². The van der Waals surface area contributed by atoms with E-state index in [1.807, 2.05) is 12.1 Å². The predicted molar refractivity (Wildman–Crippen MR) is 92.5 cm³/mol. The molecule has 2 atom stereocenters. The van der Waals surface area contributed by atoms with Gasteiger partial charge in [-0.3, -0.25) is 0 Å². The molecule has 0 radical (unpaired) electrons. The van der Waals surface area contributed by atoms with Gasteiger partial charge in [-0.1, -0.05) is 36.0 Å². The van der Waals surface area contributed by atoms with Gasteiger partial charge >= 0.3 is 0 Å². The number of anilines is 1. The van der Waals surface area contributed by atoms with E-state index in [4.69, 9.17) is 27.9 Å². The highest BCUT2D eigenvalue weighted by molar-refractivity contribution is 9.10. The van der Waals surface area contributed by atoms with Crippen molar-refractivity contribution in [2.45, 2.75) is 51.2 Å². The van der Waals surface area contributed by atoms with E-state index in [0.29, 0.717) is 27.6 Å². The van der Waals surface area contributed by atoms with E-state index in [1.54, 1.807) is 0 Å². The van der Waals surface area contributed by atoms with Crippen LogP contribution in [-0.4, -0.2) is 18.8 Å². The SMILES string of the molecule is CCOC1CC(Nc2ccc(Br)c(Cl)c2Cl)C12CCCC2. The van der Waals surface area contributed by atoms with Gasteiger partial charge in [-0.05, 0) is 54.2 Å². The van der Waals surface area contributed by atoms with Crippen molar-refractivity contribution in [3.05, 3.63) is 26.7 Å². The molecule has 116 valence electrons. The Morgan fingerprint density at radius 1 is 1.29 bits per heavy atom. The molecule has 2 nitrogen and oxygen atoms in total. The summed E-state index contributed by atoms with van der Waals surface area (Å²) in [4.78, 5) is 0. The third-order valence-electron chi connectivity index (χ3n) is 5.05. The molecule has 2 aliphatic rings. The molecule has 1 N–H and O–H groups in total. The number of nitrogens with one attached hydrogen (secondary N) is 1. The third kappa shape index (κ3) is 2.71. The molecule has 5 heteroatoms. The van der Waals surface area contributed by atoms with Crippen LogP contribution in [0.25, 0.3) is 0 Å². The summed E-state index contributed by atoms with van der Waals surface area (Å²) in [7, 11) is 0. The first kappa shape index (κ1) is 15.9. The Balaban J connectivity index is 1.78. The fourth-order valence-electron chi connectivity index (χ4n) is 3.91. The fraction of sp³-hybridized carbons (Fsp3) is 0.625. The van der Waals surface area contributed by atoms with E-state index in [9.17, 15) is 0 Å². The smallest absolute Gasteiger partial charge is 0.0835 e. The summed E-state index contributed by atoms with van der Waals surface area (Å²) in [5.74, 6) is 0. The van der Waals surface area contributed by atoms with Crippen molar-refractivity contribution < 1.29 is 4.74 Å². The zero-order chi connectivity index (χ0) is 15.0. The summed E-state index contributed by atoms with van der Waals surface area (Å²) >= 11 is 16.0. The van der Waals surface area contributed by atoms with E-state index in [2.05, 4.69) is 28.2 Å². The summed E-state index contributed by atoms with van der Waals surface area (Å²) < 4.78 is 6.78. The standard InChI is InChI=1S/C16H20BrCl2NO/c1-2-21-13-9-12(16(13)7-3-4-8-16)20-11-6-5-10(17)14(18)15(11)19/h5-6,12-13,20H,2-4,7-9H2,1H3. The van der Waals surface area contributed by atoms with E-state index in [0.717, 1.165) is 23.2 Å². The van der Waals surface area contributed by atoms with E-state index < -0.39 is 0 Å². The van der Waals surface area contributed by atoms with Crippen LogP contribution in [0.15, 0.2) is 16.6 Å². The normalized spacial score (nSPS) is 26.9. The van der Waals surface area contributed by atoms with Gasteiger partial charge in [0.15, 0.2) is 0 Å². The quantitative estimate of drug-likeness (QED) is 0.643. The van der Waals surface area contributed by atoms with Crippen LogP contribution in [-0.2, 0) is 4.74 Å². The topological polar surface area (TPSA) is 21.3 Å². The zero-order valence-corrected chi connectivity index (χ0v) is 15.2. The van der Waals surface area contributed by atoms with Crippen molar-refractivity contribution in [1.29, 1.82) is 0 Å². The minimum atomic E-state index is 0.291. The Morgan fingerprint density at radius 3 is 2.67 bits per heavy atom. The van der Waals surface area contributed by atoms with E-state index in [1.165, 1.54) is 25.7 Å². The third-order valence-corrected chi connectivity index (χ3v) is 6.82. The second-order valence-electron chi connectivity index (χ2n) is 6.04. The molecule has 0 aliphatic heterocycles. The number of hydrogen-bond acceptors (Lipinski definition) is 2. The molecule has 2 saturated carbocycles. The molecular formula is C16H20BrCl2NO. The van der Waals surface area contributed by atoms with Crippen LogP contribution in [0.3, 0.4) is 0 Å². The van der Waals surface area contributed by atoms with E-state index in [-0.39, 0.29) is 0 Å². The molecule has 2 aliphatic carbocycles. The van der Waals surface area contributed by atoms with Gasteiger partial charge in [-0.25, -0.2) is 0 Å². The summed E-state index contributed by atoms with van der Waals surface area (Å²) in [6, 6.07) is 4.37. The first-order chi connectivity index (χ1) is 10.1. The Hall–Kier alpha value is 0.0400. The molecule has 2 unspecified atom stereocenters. The monoisotopic (exact) mass is 391 g/mol. The molecule has 0 bridgehead atoms. The van der Waals surface area contributed by atoms with Crippen LogP contribution >= 0.6 is 39.1 Å². The Labute approximate surface area is 144 Å². The minimum absolute atomic E-state index is 0.291. The van der Waals surface area contributed by atoms with Gasteiger partial charge < -0.3 is 10.1 Å². The van der Waals surface area contributed by atoms with Crippen LogP contribution in [0.5, 0.6) is 0 Å². The maximum Gasteiger partial charge on any atom is 0.0835 e. The molecule has 1 aromatic rings. The average molecular weight is 393 g/mol. The summed E-state index contributed by atoms with van der Waals surface area (Å²) in [5, 5.41) is 4.79. The van der Waals surface area contributed by atoms with Crippen LogP contribution < -0.4 is 5.32 Å². The molecule has 0 heterocycles. The summed E-state index contributed by atoms with van der Waals surface area (Å²) in [5.41, 5.74) is 1.22. The van der Waals surface area contributed by atoms with Crippen LogP contribution in [0.4, 0.5) is 5.69 Å². The lowest BCUT2D eigenvalue weighted by Crippen LogP contribution is -2.60. The minimum Gasteiger partial charge on any atom is -0.380 e. The van der Waals surface area contributed by atoms with Crippen molar-refractivity contribution >= 4 is 44.8 Å². The van der Waals surface area contributed by atoms with Crippen LogP contribution in [0, 0.1) is 5.41 Å². The molecule has 21 heavy (non-hydrogen) atoms. The molecule has 1 spiro atoms. The van der Waals surface area contributed by atoms with Gasteiger partial charge in [0.25, 0.3) is 0 Å². The van der Waals surface area contributed by atoms with Gasteiger partial charge in [-0.15, -0.1) is 0 Å². The molecular weight excluding hydrogens is 373 g/mol. The lowest BCUT2D eigenvalue weighted by Gasteiger charge is -2.54. The molecule has 1 aromatic carbocycles. The second kappa shape index (κ2) is 6.27. The molecule has 2 fully saturated rings. The average Bonchev–Trinajstić information content (AvgIpc) is 2.98. The summed E-state index contributed by atoms with van der Waals surface area (Å²) in [6.45, 7) is 2.87. The maximum atomic E-state index is 6.36. The Bertz CT molecular complexity index is 531. The highest BCUT2D eigenvalue weighted by atomic mass is 79.9. The largest absolute Gasteiger partial charge is 0.380 e. The van der Waals surface area contributed by atoms with E-state index >= 15 is 0 Å². The molecule has 0 aromatic heterocycles. The van der Waals surface area contributed by atoms with Crippen molar-refractivity contribution in [2.24, 2.45) is 5.41 Å². The van der Waals surface area contributed by atoms with Crippen molar-refractivity contribution in [1.82, 2.24) is 0 Å². The van der Waals surface area contributed by atoms with Crippen molar-refractivity contribution in [2.75, 3.05) is 11.9 Å². The Kier molecular flexibility index (Phi) is 4.75. The predicted octanol–water partition coefficient (Wildman–Crippen LogP) is 5.91. The zero-order valence-electron chi connectivity index (χ0n) is 12.1. The molecule has 0 saturated heterocycles. The second-order valence-corrected chi connectivity index (χ2v) is 7.65. The lowest BCUT2D eigenvalue weighted by atomic mass is 9.60. The van der Waals surface area contributed by atoms with Gasteiger partial charge in [0.1, 0.15) is 0 Å². The number of hydrogen-bond donors (Lipinski definition) is 1. The molecule has 0 amide bonds. The number of benzene rings is 1. The van der Waals surface area contributed by atoms with Crippen LogP contribution in [0.1, 0.15) is 39.0 Å². The van der Waals surface area contributed by atoms with Crippen LogP contribution in [0.2, 0.25) is 10.0 Å². The van der Waals surface area contributed by atoms with Gasteiger partial charge in [0.05, 0.1) is 21.8 Å². The lowest BCUT2D eigenvalue weighted by molar-refractivity contribution is -0.114. The molecule has 3 rings (SSSR count). The number of rotatable bonds is 4. The highest BCUT2D eigenvalue weighted by Crippen LogP contribution is 2.56. The number of ether oxygens (including phenoxy) is 1. The van der Waals surface area contributed by atoms with Gasteiger partial charge in [0, 0.05) is 22.5 Å². The van der Waals surface area contributed by atoms with Crippen molar-refractivity contribution in [3.8, 4) is 0 Å². The van der Waals surface area contributed by atoms with Gasteiger partial charge in [-0.2, -0.15) is 0 Å². The first-order valence-electron chi connectivity index (χ1n) is 7.60. The van der Waals surface area contributed by atoms with Crippen molar-refractivity contribution in [3.63, 3.8) is 0 Å². The number of halogens is 3. The first-order valence-corrected chi connectivity index (χ1v) is 9.15. The fourth-order valence-corrected chi connectivity index (χ4v) is 4.74. The summed E-state index contributed by atoms with van der Waals surface area (Å²) in [6.07, 6.45) is 6.55. The highest BCUT2D eigenvalue weighted by Gasteiger charge is 2.56. The Morgan fingerprint density at radius 2 is 2.00 bits per heavy atom.